The minimum Gasteiger partial charge on any atom is -0.356 e. The van der Waals surface area contributed by atoms with E-state index in [1.807, 2.05) is 37.5 Å². The number of carbonyl (C=O) groups excluding carboxylic acids is 1. The molecule has 0 aliphatic carbocycles. The fourth-order valence-corrected chi connectivity index (χ4v) is 1.72. The number of rotatable bonds is 9. The van der Waals surface area contributed by atoms with Crippen LogP contribution in [0.4, 0.5) is 0 Å². The summed E-state index contributed by atoms with van der Waals surface area (Å²) in [5.41, 5.74) is 0. The summed E-state index contributed by atoms with van der Waals surface area (Å²) in [6.45, 7) is 8.87. The van der Waals surface area contributed by atoms with Crippen LogP contribution in [0.2, 0.25) is 0 Å². The Balaban J connectivity index is 3.84. The molecule has 0 fully saturated rings. The molecular weight excluding hydrogens is 246 g/mol. The van der Waals surface area contributed by atoms with Gasteiger partial charge in [0.15, 0.2) is 0 Å². The maximum Gasteiger partial charge on any atom is 0.222 e. The average molecular weight is 271 g/mol. The molecule has 0 bridgehead atoms. The first-order chi connectivity index (χ1) is 8.60. The second-order valence-electron chi connectivity index (χ2n) is 4.48. The number of amides is 1. The average Bonchev–Trinajstić information content (AvgIpc) is 2.34. The molecular formula is C14H25NO2S. The summed E-state index contributed by atoms with van der Waals surface area (Å²) in [4.78, 5) is 11.6. The standard InChI is InChI=1S/C14H25NO2S/c1-5-7-8-9-18-17-13(6-2)10-14(16)15-11-12(3)4/h5,7-9,12-13H,6,10-11H2,1-4H3,(H,15,16)/b7-5+,9-8-. The quantitative estimate of drug-likeness (QED) is 0.513. The van der Waals surface area contributed by atoms with E-state index in [-0.39, 0.29) is 12.0 Å². The molecule has 0 heterocycles. The first-order valence-corrected chi connectivity index (χ1v) is 7.27. The van der Waals surface area contributed by atoms with Gasteiger partial charge in [0, 0.05) is 18.6 Å². The van der Waals surface area contributed by atoms with E-state index < -0.39 is 0 Å². The maximum absolute atomic E-state index is 11.6. The van der Waals surface area contributed by atoms with E-state index >= 15 is 0 Å². The van der Waals surface area contributed by atoms with Crippen LogP contribution in [0.3, 0.4) is 0 Å². The minimum atomic E-state index is -0.0302. The van der Waals surface area contributed by atoms with Gasteiger partial charge < -0.3 is 9.50 Å². The van der Waals surface area contributed by atoms with Crippen LogP contribution in [0, 0.1) is 5.92 Å². The molecule has 0 aromatic carbocycles. The maximum atomic E-state index is 11.6. The molecule has 4 heteroatoms. The topological polar surface area (TPSA) is 38.3 Å². The van der Waals surface area contributed by atoms with Gasteiger partial charge in [0.25, 0.3) is 0 Å². The van der Waals surface area contributed by atoms with Crippen LogP contribution in [0.1, 0.15) is 40.5 Å². The number of carbonyl (C=O) groups is 1. The molecule has 0 aromatic heterocycles. The molecule has 0 aliphatic heterocycles. The second-order valence-corrected chi connectivity index (χ2v) is 5.14. The Labute approximate surface area is 115 Å². The van der Waals surface area contributed by atoms with Crippen molar-refractivity contribution in [1.29, 1.82) is 0 Å². The molecule has 1 unspecified atom stereocenters. The van der Waals surface area contributed by atoms with Crippen LogP contribution in [0.5, 0.6) is 0 Å². The summed E-state index contributed by atoms with van der Waals surface area (Å²) < 4.78 is 5.55. The summed E-state index contributed by atoms with van der Waals surface area (Å²) in [6.07, 6.45) is 7.03. The predicted octanol–water partition coefficient (Wildman–Crippen LogP) is 3.68. The lowest BCUT2D eigenvalue weighted by Crippen LogP contribution is -2.30. The molecule has 0 saturated carbocycles. The molecule has 1 atom stereocenters. The molecule has 0 aliphatic rings. The van der Waals surface area contributed by atoms with Gasteiger partial charge in [-0.3, -0.25) is 4.79 Å². The zero-order chi connectivity index (χ0) is 13.8. The van der Waals surface area contributed by atoms with Crippen molar-refractivity contribution in [2.75, 3.05) is 6.54 Å². The van der Waals surface area contributed by atoms with Crippen LogP contribution < -0.4 is 5.32 Å². The van der Waals surface area contributed by atoms with E-state index in [9.17, 15) is 4.79 Å². The van der Waals surface area contributed by atoms with Crippen molar-refractivity contribution in [3.05, 3.63) is 23.6 Å². The summed E-state index contributed by atoms with van der Waals surface area (Å²) in [7, 11) is 0. The van der Waals surface area contributed by atoms with Crippen LogP contribution in [0.15, 0.2) is 23.6 Å². The first kappa shape index (κ1) is 17.3. The summed E-state index contributed by atoms with van der Waals surface area (Å²) in [5.74, 6) is 0.543. The fourth-order valence-electron chi connectivity index (χ4n) is 1.14. The molecule has 3 nitrogen and oxygen atoms in total. The van der Waals surface area contributed by atoms with Crippen molar-refractivity contribution in [2.45, 2.75) is 46.6 Å². The van der Waals surface area contributed by atoms with Crippen molar-refractivity contribution in [3.63, 3.8) is 0 Å². The van der Waals surface area contributed by atoms with Gasteiger partial charge in [-0.1, -0.05) is 39.0 Å². The Morgan fingerprint density at radius 2 is 2.11 bits per heavy atom. The number of hydrogen-bond donors (Lipinski definition) is 1. The van der Waals surface area contributed by atoms with E-state index in [0.717, 1.165) is 13.0 Å². The van der Waals surface area contributed by atoms with Crippen molar-refractivity contribution in [2.24, 2.45) is 5.92 Å². The molecule has 0 rings (SSSR count). The Morgan fingerprint density at radius 1 is 1.39 bits per heavy atom. The highest BCUT2D eigenvalue weighted by molar-refractivity contribution is 7.97. The largest absolute Gasteiger partial charge is 0.356 e. The molecule has 1 amide bonds. The Hall–Kier alpha value is -0.740. The zero-order valence-corrected chi connectivity index (χ0v) is 12.6. The molecule has 1 N–H and O–H groups in total. The van der Waals surface area contributed by atoms with Gasteiger partial charge in [-0.05, 0) is 24.7 Å². The molecule has 0 aromatic rings. The third kappa shape index (κ3) is 10.4. The third-order valence-electron chi connectivity index (χ3n) is 2.21. The molecule has 0 spiro atoms. The highest BCUT2D eigenvalue weighted by atomic mass is 32.2. The second kappa shape index (κ2) is 11.4. The van der Waals surface area contributed by atoms with E-state index in [2.05, 4.69) is 19.2 Å². The highest BCUT2D eigenvalue weighted by Crippen LogP contribution is 2.14. The lowest BCUT2D eigenvalue weighted by Gasteiger charge is -2.14. The van der Waals surface area contributed by atoms with Gasteiger partial charge in [0.1, 0.15) is 0 Å². The minimum absolute atomic E-state index is 0.0302. The highest BCUT2D eigenvalue weighted by Gasteiger charge is 2.12. The molecule has 18 heavy (non-hydrogen) atoms. The summed E-state index contributed by atoms with van der Waals surface area (Å²) in [6, 6.07) is 0. The van der Waals surface area contributed by atoms with Gasteiger partial charge in [-0.2, -0.15) is 0 Å². The molecule has 104 valence electrons. The summed E-state index contributed by atoms with van der Waals surface area (Å²) in [5, 5.41) is 4.77. The number of nitrogens with one attached hydrogen (secondary N) is 1. The van der Waals surface area contributed by atoms with Gasteiger partial charge in [-0.15, -0.1) is 0 Å². The molecule has 0 radical (unpaired) electrons. The fraction of sp³-hybridized carbons (Fsp3) is 0.643. The predicted molar refractivity (Wildman–Crippen MR) is 79.2 cm³/mol. The molecule has 0 saturated heterocycles. The van der Waals surface area contributed by atoms with Crippen LogP contribution >= 0.6 is 12.0 Å². The SMILES string of the molecule is C/C=C/C=C\SOC(CC)CC(=O)NCC(C)C. The van der Waals surface area contributed by atoms with E-state index in [1.54, 1.807) is 0 Å². The number of hydrogen-bond acceptors (Lipinski definition) is 3. The Kier molecular flexibility index (Phi) is 10.9. The first-order valence-electron chi connectivity index (χ1n) is 6.46. The smallest absolute Gasteiger partial charge is 0.222 e. The normalized spacial score (nSPS) is 13.6. The van der Waals surface area contributed by atoms with Crippen LogP contribution in [-0.2, 0) is 8.98 Å². The van der Waals surface area contributed by atoms with Crippen molar-refractivity contribution < 1.29 is 8.98 Å². The van der Waals surface area contributed by atoms with Crippen molar-refractivity contribution in [3.8, 4) is 0 Å². The van der Waals surface area contributed by atoms with E-state index in [0.29, 0.717) is 12.3 Å². The Morgan fingerprint density at radius 3 is 2.67 bits per heavy atom. The summed E-state index contributed by atoms with van der Waals surface area (Å²) >= 11 is 1.28. The zero-order valence-electron chi connectivity index (χ0n) is 11.8. The van der Waals surface area contributed by atoms with Crippen LogP contribution in [0.25, 0.3) is 0 Å². The van der Waals surface area contributed by atoms with E-state index in [4.69, 9.17) is 4.18 Å². The van der Waals surface area contributed by atoms with Crippen molar-refractivity contribution in [1.82, 2.24) is 5.32 Å². The third-order valence-corrected chi connectivity index (χ3v) is 2.86. The van der Waals surface area contributed by atoms with E-state index in [1.165, 1.54) is 12.0 Å². The number of allylic oxidation sites excluding steroid dienone is 3. The Bertz CT molecular complexity index is 275. The monoisotopic (exact) mass is 271 g/mol. The lowest BCUT2D eigenvalue weighted by atomic mass is 10.2. The van der Waals surface area contributed by atoms with Gasteiger partial charge >= 0.3 is 0 Å². The van der Waals surface area contributed by atoms with Crippen molar-refractivity contribution >= 4 is 17.9 Å². The van der Waals surface area contributed by atoms with Gasteiger partial charge in [0.05, 0.1) is 12.5 Å². The van der Waals surface area contributed by atoms with Gasteiger partial charge in [0.2, 0.25) is 5.91 Å². The van der Waals surface area contributed by atoms with Gasteiger partial charge in [-0.25, -0.2) is 0 Å². The lowest BCUT2D eigenvalue weighted by molar-refractivity contribution is -0.122. The van der Waals surface area contributed by atoms with Crippen LogP contribution in [-0.4, -0.2) is 18.6 Å².